The maximum Gasteiger partial charge on any atom is 0.281 e. The van der Waals surface area contributed by atoms with E-state index in [1.807, 2.05) is 18.2 Å². The number of hydrogen-bond acceptors (Lipinski definition) is 6. The zero-order chi connectivity index (χ0) is 24.4. The van der Waals surface area contributed by atoms with Gasteiger partial charge in [-0.1, -0.05) is 30.3 Å². The smallest absolute Gasteiger partial charge is 0.281 e. The molecule has 178 valence electrons. The monoisotopic (exact) mass is 487 g/mol. The van der Waals surface area contributed by atoms with Gasteiger partial charge in [-0.25, -0.2) is 5.43 Å². The van der Waals surface area contributed by atoms with Gasteiger partial charge in [-0.3, -0.25) is 14.2 Å². The van der Waals surface area contributed by atoms with Crippen molar-refractivity contribution < 1.29 is 14.6 Å². The number of aromatic hydroxyl groups is 1. The first-order valence-corrected chi connectivity index (χ1v) is 12.3. The molecule has 0 unspecified atom stereocenters. The van der Waals surface area contributed by atoms with E-state index < -0.39 is 0 Å². The van der Waals surface area contributed by atoms with Gasteiger partial charge in [-0.15, -0.1) is 11.3 Å². The lowest BCUT2D eigenvalue weighted by atomic mass is 9.99. The molecule has 2 heterocycles. The fraction of sp³-hybridized carbons (Fsp3) is 0.222. The quantitative estimate of drug-likeness (QED) is 0.310. The first-order chi connectivity index (χ1) is 17.0. The molecule has 0 aliphatic heterocycles. The number of aryl methyl sites for hydroxylation is 2. The number of fused-ring (bicyclic) bond motifs is 2. The molecule has 8 heteroatoms. The minimum Gasteiger partial charge on any atom is -0.497 e. The molecular formula is C27H25N3O4S. The van der Waals surface area contributed by atoms with Crippen LogP contribution in [0, 0.1) is 0 Å². The Hall–Kier alpha value is -3.91. The number of rotatable bonds is 6. The lowest BCUT2D eigenvalue weighted by molar-refractivity contribution is 0.0959. The highest BCUT2D eigenvalue weighted by molar-refractivity contribution is 7.14. The lowest BCUT2D eigenvalue weighted by Crippen LogP contribution is -2.22. The summed E-state index contributed by atoms with van der Waals surface area (Å²) >= 11 is 1.51. The standard InChI is InChI=1S/C27H25N3O4S/c1-34-19-12-10-17(11-13-19)16-30-26(32)21-8-4-3-7-20(21)22(27(30)33)15-28-29-25(31)24-14-18-6-2-5-9-23(18)35-24/h3-4,7-8,10-15,33H,2,5-6,9,16H2,1H3,(H,29,31)/b28-15+. The fourth-order valence-electron chi connectivity index (χ4n) is 4.41. The number of benzene rings is 2. The normalized spacial score (nSPS) is 13.2. The van der Waals surface area contributed by atoms with E-state index in [4.69, 9.17) is 4.74 Å². The van der Waals surface area contributed by atoms with E-state index in [1.54, 1.807) is 43.5 Å². The van der Waals surface area contributed by atoms with E-state index in [2.05, 4.69) is 10.5 Å². The Morgan fingerprint density at radius 1 is 1.14 bits per heavy atom. The fourth-order valence-corrected chi connectivity index (χ4v) is 5.56. The van der Waals surface area contributed by atoms with E-state index in [-0.39, 0.29) is 23.9 Å². The third kappa shape index (κ3) is 4.57. The Morgan fingerprint density at radius 3 is 2.63 bits per heavy atom. The molecule has 0 saturated heterocycles. The van der Waals surface area contributed by atoms with Crippen molar-refractivity contribution in [3.63, 3.8) is 0 Å². The van der Waals surface area contributed by atoms with Crippen molar-refractivity contribution in [2.75, 3.05) is 7.11 Å². The first kappa shape index (κ1) is 22.9. The molecule has 1 aliphatic rings. The number of methoxy groups -OCH3 is 1. The highest BCUT2D eigenvalue weighted by Gasteiger charge is 2.18. The number of pyridine rings is 1. The highest BCUT2D eigenvalue weighted by atomic mass is 32.1. The number of hydrazone groups is 1. The summed E-state index contributed by atoms with van der Waals surface area (Å²) in [7, 11) is 1.59. The van der Waals surface area contributed by atoms with E-state index in [9.17, 15) is 14.7 Å². The summed E-state index contributed by atoms with van der Waals surface area (Å²) in [5.74, 6) is 0.212. The predicted molar refractivity (Wildman–Crippen MR) is 138 cm³/mol. The molecule has 0 atom stereocenters. The lowest BCUT2D eigenvalue weighted by Gasteiger charge is -2.14. The molecule has 0 saturated carbocycles. The summed E-state index contributed by atoms with van der Waals surface area (Å²) in [6, 6.07) is 16.3. The maximum atomic E-state index is 13.2. The van der Waals surface area contributed by atoms with Gasteiger partial charge in [-0.2, -0.15) is 5.10 Å². The van der Waals surface area contributed by atoms with Gasteiger partial charge in [0, 0.05) is 15.6 Å². The van der Waals surface area contributed by atoms with Crippen LogP contribution in [-0.2, 0) is 19.4 Å². The van der Waals surface area contributed by atoms with Crippen LogP contribution < -0.4 is 15.7 Å². The molecule has 0 radical (unpaired) electrons. The van der Waals surface area contributed by atoms with Gasteiger partial charge < -0.3 is 9.84 Å². The number of hydrogen-bond donors (Lipinski definition) is 2. The average Bonchev–Trinajstić information content (AvgIpc) is 3.33. The summed E-state index contributed by atoms with van der Waals surface area (Å²) in [5.41, 5.74) is 4.71. The van der Waals surface area contributed by atoms with E-state index in [1.165, 1.54) is 32.6 Å². The number of aromatic nitrogens is 1. The molecule has 4 aromatic rings. The molecule has 5 rings (SSSR count). The van der Waals surface area contributed by atoms with Gasteiger partial charge in [-0.05, 0) is 61.1 Å². The van der Waals surface area contributed by atoms with Gasteiger partial charge in [0.2, 0.25) is 5.88 Å². The van der Waals surface area contributed by atoms with Crippen LogP contribution in [0.3, 0.4) is 0 Å². The molecule has 0 spiro atoms. The summed E-state index contributed by atoms with van der Waals surface area (Å²) < 4.78 is 6.50. The Labute approximate surface area is 206 Å². The van der Waals surface area contributed by atoms with Crippen LogP contribution in [-0.4, -0.2) is 28.9 Å². The molecule has 2 aromatic heterocycles. The largest absolute Gasteiger partial charge is 0.497 e. The minimum atomic E-state index is -0.306. The van der Waals surface area contributed by atoms with Crippen LogP contribution >= 0.6 is 11.3 Å². The van der Waals surface area contributed by atoms with Crippen LogP contribution in [0.4, 0.5) is 0 Å². The second-order valence-electron chi connectivity index (χ2n) is 8.49. The maximum absolute atomic E-state index is 13.2. The molecule has 0 fully saturated rings. The summed E-state index contributed by atoms with van der Waals surface area (Å²) in [6.07, 6.45) is 5.74. The molecule has 7 nitrogen and oxygen atoms in total. The summed E-state index contributed by atoms with van der Waals surface area (Å²) in [6.45, 7) is 0.174. The molecule has 2 aromatic carbocycles. The number of ether oxygens (including phenoxy) is 1. The zero-order valence-electron chi connectivity index (χ0n) is 19.3. The van der Waals surface area contributed by atoms with Crippen molar-refractivity contribution in [2.45, 2.75) is 32.2 Å². The predicted octanol–water partition coefficient (Wildman–Crippen LogP) is 4.47. The average molecular weight is 488 g/mol. The van der Waals surface area contributed by atoms with Gasteiger partial charge in [0.1, 0.15) is 5.75 Å². The van der Waals surface area contributed by atoms with Crippen molar-refractivity contribution >= 4 is 34.2 Å². The Morgan fingerprint density at radius 2 is 1.89 bits per heavy atom. The van der Waals surface area contributed by atoms with Gasteiger partial charge in [0.15, 0.2) is 0 Å². The number of nitrogens with zero attached hydrogens (tertiary/aromatic N) is 2. The van der Waals surface area contributed by atoms with Crippen molar-refractivity contribution in [1.82, 2.24) is 9.99 Å². The topological polar surface area (TPSA) is 92.9 Å². The molecule has 2 N–H and O–H groups in total. The zero-order valence-corrected chi connectivity index (χ0v) is 20.1. The third-order valence-corrected chi connectivity index (χ3v) is 7.51. The summed E-state index contributed by atoms with van der Waals surface area (Å²) in [4.78, 5) is 27.7. The summed E-state index contributed by atoms with van der Waals surface area (Å²) in [5, 5.41) is 16.2. The first-order valence-electron chi connectivity index (χ1n) is 11.5. The molecule has 35 heavy (non-hydrogen) atoms. The Kier molecular flexibility index (Phi) is 6.37. The van der Waals surface area contributed by atoms with Crippen molar-refractivity contribution in [3.05, 3.63) is 91.4 Å². The van der Waals surface area contributed by atoms with Gasteiger partial charge >= 0.3 is 0 Å². The second kappa shape index (κ2) is 9.76. The Balaban J connectivity index is 1.45. The molecule has 1 aliphatic carbocycles. The number of thiophene rings is 1. The molecular weight excluding hydrogens is 462 g/mol. The second-order valence-corrected chi connectivity index (χ2v) is 9.62. The molecule has 0 bridgehead atoms. The van der Waals surface area contributed by atoms with Crippen molar-refractivity contribution in [1.29, 1.82) is 0 Å². The third-order valence-electron chi connectivity index (χ3n) is 6.27. The number of amides is 1. The van der Waals surface area contributed by atoms with E-state index in [0.717, 1.165) is 31.2 Å². The van der Waals surface area contributed by atoms with Crippen LogP contribution in [0.25, 0.3) is 10.8 Å². The number of nitrogens with one attached hydrogen (secondary N) is 1. The van der Waals surface area contributed by atoms with Gasteiger partial charge in [0.25, 0.3) is 11.5 Å². The van der Waals surface area contributed by atoms with Crippen LogP contribution in [0.15, 0.2) is 64.5 Å². The van der Waals surface area contributed by atoms with E-state index >= 15 is 0 Å². The van der Waals surface area contributed by atoms with Crippen LogP contribution in [0.1, 0.15) is 44.1 Å². The van der Waals surface area contributed by atoms with Crippen molar-refractivity contribution in [2.24, 2.45) is 5.10 Å². The van der Waals surface area contributed by atoms with Crippen molar-refractivity contribution in [3.8, 4) is 11.6 Å². The number of carbonyl (C=O) groups is 1. The Bertz CT molecular complexity index is 1460. The van der Waals surface area contributed by atoms with E-state index in [0.29, 0.717) is 27.0 Å². The minimum absolute atomic E-state index is 0.174. The van der Waals surface area contributed by atoms with Crippen LogP contribution in [0.2, 0.25) is 0 Å². The number of carbonyl (C=O) groups excluding carboxylic acids is 1. The highest BCUT2D eigenvalue weighted by Crippen LogP contribution is 2.29. The van der Waals surface area contributed by atoms with Crippen LogP contribution in [0.5, 0.6) is 11.6 Å². The SMILES string of the molecule is COc1ccc(Cn2c(O)c(/C=N/NC(=O)c3cc4c(s3)CCCC4)c3ccccc3c2=O)cc1. The molecule has 1 amide bonds. The van der Waals surface area contributed by atoms with Gasteiger partial charge in [0.05, 0.1) is 30.3 Å².